The van der Waals surface area contributed by atoms with E-state index < -0.39 is 0 Å². The Kier molecular flexibility index (Phi) is 3.76. The van der Waals surface area contributed by atoms with E-state index in [4.69, 9.17) is 5.73 Å². The van der Waals surface area contributed by atoms with Crippen LogP contribution < -0.4 is 11.1 Å². The van der Waals surface area contributed by atoms with Gasteiger partial charge >= 0.3 is 0 Å². The fraction of sp³-hybridized carbons (Fsp3) is 0.357. The number of amides is 1. The molecule has 2 aromatic rings. The Morgan fingerprint density at radius 2 is 2.05 bits per heavy atom. The van der Waals surface area contributed by atoms with Gasteiger partial charge in [-0.3, -0.25) is 4.79 Å². The molecule has 0 saturated heterocycles. The molecular weight excluding hydrogens is 272 g/mol. The fourth-order valence-electron chi connectivity index (χ4n) is 1.80. The second kappa shape index (κ2) is 5.20. The lowest BCUT2D eigenvalue weighted by molar-refractivity contribution is 0.102. The average Bonchev–Trinajstić information content (AvgIpc) is 2.84. The number of rotatable bonds is 2. The summed E-state index contributed by atoms with van der Waals surface area (Å²) >= 11 is 1.11. The summed E-state index contributed by atoms with van der Waals surface area (Å²) in [6.45, 7) is 7.89. The predicted molar refractivity (Wildman–Crippen MR) is 82.2 cm³/mol. The molecule has 0 aliphatic rings. The summed E-state index contributed by atoms with van der Waals surface area (Å²) in [7, 11) is 0. The molecule has 1 amide bonds. The first-order valence-electron chi connectivity index (χ1n) is 6.30. The highest BCUT2D eigenvalue weighted by atomic mass is 32.1. The lowest BCUT2D eigenvalue weighted by atomic mass is 9.91. The van der Waals surface area contributed by atoms with Crippen molar-refractivity contribution in [3.8, 4) is 0 Å². The number of nitrogens with one attached hydrogen (secondary N) is 1. The van der Waals surface area contributed by atoms with Crippen molar-refractivity contribution in [1.82, 2.24) is 9.59 Å². The number of aromatic nitrogens is 2. The van der Waals surface area contributed by atoms with Crippen LogP contribution in [0.1, 0.15) is 41.7 Å². The van der Waals surface area contributed by atoms with Crippen LogP contribution in [0.3, 0.4) is 0 Å². The summed E-state index contributed by atoms with van der Waals surface area (Å²) in [5, 5.41) is 6.95. The van der Waals surface area contributed by atoms with Crippen LogP contribution in [-0.2, 0) is 5.41 Å². The Hall–Kier alpha value is -1.95. The molecule has 0 unspecified atom stereocenters. The van der Waals surface area contributed by atoms with Gasteiger partial charge in [-0.05, 0) is 36.2 Å². The minimum atomic E-state index is -0.218. The minimum absolute atomic E-state index is 0.196. The molecule has 0 saturated carbocycles. The number of hydrogen-bond donors (Lipinski definition) is 2. The second-order valence-electron chi connectivity index (χ2n) is 5.67. The Morgan fingerprint density at radius 1 is 1.35 bits per heavy atom. The van der Waals surface area contributed by atoms with Gasteiger partial charge in [0.15, 0.2) is 0 Å². The van der Waals surface area contributed by atoms with Crippen LogP contribution in [-0.4, -0.2) is 15.5 Å². The number of benzene rings is 1. The first kappa shape index (κ1) is 14.5. The Balaban J connectivity index is 2.30. The largest absolute Gasteiger partial charge is 0.398 e. The van der Waals surface area contributed by atoms with Gasteiger partial charge in [0, 0.05) is 16.8 Å². The first-order chi connectivity index (χ1) is 9.30. The topological polar surface area (TPSA) is 80.9 Å². The number of carbonyl (C=O) groups excluding carboxylic acids is 1. The molecule has 5 nitrogen and oxygen atoms in total. The smallest absolute Gasteiger partial charge is 0.269 e. The highest BCUT2D eigenvalue weighted by Crippen LogP contribution is 2.27. The summed E-state index contributed by atoms with van der Waals surface area (Å²) in [6, 6.07) is 5.45. The zero-order valence-corrected chi connectivity index (χ0v) is 12.8. The van der Waals surface area contributed by atoms with Gasteiger partial charge in [0.05, 0.1) is 5.69 Å². The molecule has 0 atom stereocenters. The van der Waals surface area contributed by atoms with E-state index in [1.165, 1.54) is 0 Å². The number of anilines is 2. The molecular formula is C14H18N4OS. The molecule has 0 fully saturated rings. The molecule has 0 radical (unpaired) electrons. The van der Waals surface area contributed by atoms with Crippen molar-refractivity contribution in [1.29, 1.82) is 0 Å². The van der Waals surface area contributed by atoms with Gasteiger partial charge in [0.2, 0.25) is 0 Å². The zero-order valence-electron chi connectivity index (χ0n) is 12.0. The first-order valence-corrected chi connectivity index (χ1v) is 7.07. The number of nitrogens with zero attached hydrogens (tertiary/aromatic N) is 2. The molecule has 106 valence electrons. The molecule has 2 rings (SSSR count). The van der Waals surface area contributed by atoms with E-state index in [9.17, 15) is 4.79 Å². The molecule has 20 heavy (non-hydrogen) atoms. The average molecular weight is 290 g/mol. The van der Waals surface area contributed by atoms with E-state index in [0.29, 0.717) is 21.9 Å². The standard InChI is InChI=1S/C14H18N4OS/c1-8-9(15)6-5-7-10(8)16-13(19)11-12(14(2,3)4)17-18-20-11/h5-7H,15H2,1-4H3,(H,16,19). The van der Waals surface area contributed by atoms with Crippen molar-refractivity contribution in [2.75, 3.05) is 11.1 Å². The third-order valence-corrected chi connectivity index (χ3v) is 3.75. The van der Waals surface area contributed by atoms with Crippen molar-refractivity contribution in [2.24, 2.45) is 0 Å². The second-order valence-corrected chi connectivity index (χ2v) is 6.43. The summed E-state index contributed by atoms with van der Waals surface area (Å²) in [4.78, 5) is 12.9. The Bertz CT molecular complexity index is 643. The molecule has 1 heterocycles. The molecule has 0 aliphatic heterocycles. The van der Waals surface area contributed by atoms with Crippen LogP contribution in [0.4, 0.5) is 11.4 Å². The van der Waals surface area contributed by atoms with Crippen LogP contribution in [0.15, 0.2) is 18.2 Å². The fourth-order valence-corrected chi connectivity index (χ4v) is 2.57. The van der Waals surface area contributed by atoms with Crippen LogP contribution >= 0.6 is 11.5 Å². The maximum atomic E-state index is 12.4. The molecule has 3 N–H and O–H groups in total. The van der Waals surface area contributed by atoms with Gasteiger partial charge in [-0.15, -0.1) is 5.10 Å². The van der Waals surface area contributed by atoms with Gasteiger partial charge in [-0.25, -0.2) is 0 Å². The minimum Gasteiger partial charge on any atom is -0.398 e. The molecule has 1 aromatic heterocycles. The van der Waals surface area contributed by atoms with Crippen molar-refractivity contribution >= 4 is 28.8 Å². The highest BCUT2D eigenvalue weighted by Gasteiger charge is 2.26. The van der Waals surface area contributed by atoms with E-state index in [1.54, 1.807) is 6.07 Å². The van der Waals surface area contributed by atoms with Gasteiger partial charge in [-0.1, -0.05) is 31.3 Å². The van der Waals surface area contributed by atoms with Crippen LogP contribution in [0.5, 0.6) is 0 Å². The van der Waals surface area contributed by atoms with E-state index >= 15 is 0 Å². The highest BCUT2D eigenvalue weighted by molar-refractivity contribution is 7.08. The summed E-state index contributed by atoms with van der Waals surface area (Å²) < 4.78 is 3.90. The maximum Gasteiger partial charge on any atom is 0.269 e. The zero-order chi connectivity index (χ0) is 14.9. The number of hydrogen-bond acceptors (Lipinski definition) is 5. The van der Waals surface area contributed by atoms with E-state index in [-0.39, 0.29) is 11.3 Å². The SMILES string of the molecule is Cc1c(N)cccc1NC(=O)c1snnc1C(C)(C)C. The van der Waals surface area contributed by atoms with E-state index in [2.05, 4.69) is 14.9 Å². The van der Waals surface area contributed by atoms with E-state index in [1.807, 2.05) is 39.8 Å². The quantitative estimate of drug-likeness (QED) is 0.833. The normalized spacial score (nSPS) is 11.4. The maximum absolute atomic E-state index is 12.4. The predicted octanol–water partition coefficient (Wildman–Crippen LogP) is 2.98. The monoisotopic (exact) mass is 290 g/mol. The third kappa shape index (κ3) is 2.80. The van der Waals surface area contributed by atoms with Crippen molar-refractivity contribution in [3.63, 3.8) is 0 Å². The van der Waals surface area contributed by atoms with Crippen molar-refractivity contribution < 1.29 is 4.79 Å². The number of nitrogens with two attached hydrogens (primary N) is 1. The van der Waals surface area contributed by atoms with Gasteiger partial charge < -0.3 is 11.1 Å². The van der Waals surface area contributed by atoms with Crippen LogP contribution in [0.2, 0.25) is 0 Å². The summed E-state index contributed by atoms with van der Waals surface area (Å²) in [5.41, 5.74) is 8.56. The van der Waals surface area contributed by atoms with Crippen LogP contribution in [0.25, 0.3) is 0 Å². The third-order valence-electron chi connectivity index (χ3n) is 3.03. The van der Waals surface area contributed by atoms with E-state index in [0.717, 1.165) is 17.1 Å². The molecule has 0 spiro atoms. The molecule has 0 bridgehead atoms. The van der Waals surface area contributed by atoms with Crippen molar-refractivity contribution in [2.45, 2.75) is 33.1 Å². The van der Waals surface area contributed by atoms with Gasteiger partial charge in [0.1, 0.15) is 4.88 Å². The van der Waals surface area contributed by atoms with Crippen LogP contribution in [0, 0.1) is 6.92 Å². The van der Waals surface area contributed by atoms with Crippen molar-refractivity contribution in [3.05, 3.63) is 34.3 Å². The summed E-state index contributed by atoms with van der Waals surface area (Å²) in [5.74, 6) is -0.196. The lowest BCUT2D eigenvalue weighted by Crippen LogP contribution is -2.20. The molecule has 6 heteroatoms. The number of nitrogen functional groups attached to an aromatic ring is 1. The number of carbonyl (C=O) groups is 1. The molecule has 1 aromatic carbocycles. The summed E-state index contributed by atoms with van der Waals surface area (Å²) in [6.07, 6.45) is 0. The lowest BCUT2D eigenvalue weighted by Gasteiger charge is -2.16. The van der Waals surface area contributed by atoms with Gasteiger partial charge in [-0.2, -0.15) is 0 Å². The van der Waals surface area contributed by atoms with Gasteiger partial charge in [0.25, 0.3) is 5.91 Å². The Labute approximate surface area is 122 Å². The Morgan fingerprint density at radius 3 is 2.70 bits per heavy atom. The molecule has 0 aliphatic carbocycles.